The van der Waals surface area contributed by atoms with Crippen LogP contribution in [0.3, 0.4) is 0 Å². The number of ether oxygens (including phenoxy) is 4. The summed E-state index contributed by atoms with van der Waals surface area (Å²) in [4.78, 5) is 16.0. The van der Waals surface area contributed by atoms with Crippen molar-refractivity contribution in [2.24, 2.45) is 0 Å². The lowest BCUT2D eigenvalue weighted by Crippen LogP contribution is -3.00. The van der Waals surface area contributed by atoms with E-state index in [9.17, 15) is 0 Å². The summed E-state index contributed by atoms with van der Waals surface area (Å²) in [6, 6.07) is 52.3. The van der Waals surface area contributed by atoms with Crippen LogP contribution in [0, 0.1) is 0 Å². The molecule has 0 radical (unpaired) electrons. The fourth-order valence-corrected chi connectivity index (χ4v) is 12.1. The maximum atomic E-state index is 6.39. The van der Waals surface area contributed by atoms with Gasteiger partial charge in [-0.1, -0.05) is 165 Å². The smallest absolute Gasteiger partial charge is 0.119 e. The van der Waals surface area contributed by atoms with Crippen molar-refractivity contribution in [3.8, 4) is 23.0 Å². The predicted molar refractivity (Wildman–Crippen MR) is 365 cm³/mol. The van der Waals surface area contributed by atoms with Gasteiger partial charge in [0.1, 0.15) is 23.0 Å². The van der Waals surface area contributed by atoms with Crippen LogP contribution in [0.4, 0.5) is 0 Å². The molecule has 10 nitrogen and oxygen atoms in total. The van der Waals surface area contributed by atoms with Gasteiger partial charge in [0.25, 0.3) is 0 Å². The van der Waals surface area contributed by atoms with Gasteiger partial charge in [-0.3, -0.25) is 0 Å². The molecule has 484 valence electrons. The van der Waals surface area contributed by atoms with E-state index in [1.54, 1.807) is 0 Å². The number of halogens is 2. The highest BCUT2D eigenvalue weighted by Crippen LogP contribution is 2.31. The molecule has 4 aromatic heterocycles. The van der Waals surface area contributed by atoms with Crippen molar-refractivity contribution in [1.82, 2.24) is 19.9 Å². The molecule has 1 aliphatic heterocycles. The summed E-state index contributed by atoms with van der Waals surface area (Å²) >= 11 is 0. The Morgan fingerprint density at radius 2 is 0.478 bits per heavy atom. The first-order valence-electron chi connectivity index (χ1n) is 33.6. The average molecular weight is 1260 g/mol. The number of nitrogens with zero attached hydrogens (tertiary/aromatic N) is 2. The number of unbranched alkanes of at least 4 members (excludes halogenated alkanes) is 16. The lowest BCUT2D eigenvalue weighted by atomic mass is 10.0. The number of hydrogen-bond donors (Lipinski definition) is 4. The molecule has 0 fully saturated rings. The molecule has 8 aromatic rings. The Morgan fingerprint density at radius 1 is 0.256 bits per heavy atom. The van der Waals surface area contributed by atoms with Crippen LogP contribution >= 0.6 is 0 Å². The van der Waals surface area contributed by atoms with E-state index in [-0.39, 0.29) is 24.8 Å². The van der Waals surface area contributed by atoms with Crippen LogP contribution in [-0.2, 0) is 0 Å². The zero-order valence-electron chi connectivity index (χ0n) is 55.5. The molecular formula is C78H104Cl2N6O4. The summed E-state index contributed by atoms with van der Waals surface area (Å²) in [6.07, 6.45) is 25.1. The number of aromatic amines is 4. The van der Waals surface area contributed by atoms with Gasteiger partial charge in [-0.15, -0.1) is 0 Å². The van der Waals surface area contributed by atoms with E-state index < -0.39 is 0 Å². The molecule has 0 unspecified atom stereocenters. The third kappa shape index (κ3) is 21.1. The third-order valence-electron chi connectivity index (χ3n) is 17.0. The summed E-state index contributed by atoms with van der Waals surface area (Å²) in [5.41, 5.74) is 12.4. The molecule has 0 saturated heterocycles. The molecule has 1 aliphatic rings. The Labute approximate surface area is 550 Å². The largest absolute Gasteiger partial charge is 1.00 e. The topological polar surface area (TPSA) is 100 Å². The summed E-state index contributed by atoms with van der Waals surface area (Å²) in [5, 5.41) is 3.95. The number of rotatable bonds is 36. The van der Waals surface area contributed by atoms with Gasteiger partial charge in [0.2, 0.25) is 0 Å². The fourth-order valence-electron chi connectivity index (χ4n) is 12.1. The number of hydrogen-bond acceptors (Lipinski definition) is 4. The zero-order chi connectivity index (χ0) is 61.6. The van der Waals surface area contributed by atoms with Crippen molar-refractivity contribution in [3.05, 3.63) is 212 Å². The Balaban J connectivity index is 0.00000576. The van der Waals surface area contributed by atoms with Crippen LogP contribution in [-0.4, -0.2) is 111 Å². The number of nitrogens with one attached hydrogen (secondary N) is 4. The van der Waals surface area contributed by atoms with Crippen molar-refractivity contribution in [2.45, 2.75) is 142 Å². The second-order valence-electron chi connectivity index (χ2n) is 26.5. The molecule has 90 heavy (non-hydrogen) atoms. The monoisotopic (exact) mass is 1260 g/mol. The Morgan fingerprint density at radius 3 is 0.711 bits per heavy atom. The highest BCUT2D eigenvalue weighted by molar-refractivity contribution is 5.85. The molecular weight excluding hydrogens is 1160 g/mol. The van der Waals surface area contributed by atoms with E-state index in [0.717, 1.165) is 173 Å². The van der Waals surface area contributed by atoms with Crippen LogP contribution in [0.5, 0.6) is 23.0 Å². The Bertz CT molecular complexity index is 3400. The lowest BCUT2D eigenvalue weighted by Gasteiger charge is -2.23. The molecule has 12 heteroatoms. The first-order chi connectivity index (χ1) is 42.8. The van der Waals surface area contributed by atoms with Gasteiger partial charge < -0.3 is 72.7 Å². The van der Waals surface area contributed by atoms with E-state index in [2.05, 4.69) is 222 Å². The molecule has 0 spiro atoms. The van der Waals surface area contributed by atoms with Crippen molar-refractivity contribution < 1.29 is 52.7 Å². The second kappa shape index (κ2) is 35.7. The molecule has 4 N–H and O–H groups in total. The van der Waals surface area contributed by atoms with E-state index >= 15 is 0 Å². The number of quaternary nitrogens is 2. The zero-order valence-corrected chi connectivity index (χ0v) is 57.0. The molecule has 0 amide bonds. The van der Waals surface area contributed by atoms with Crippen molar-refractivity contribution in [3.63, 3.8) is 0 Å². The summed E-state index contributed by atoms with van der Waals surface area (Å²) in [6.45, 7) is 9.43. The van der Waals surface area contributed by atoms with Gasteiger partial charge in [0.15, 0.2) is 0 Å². The standard InChI is InChI=1S/C78H104N6O4.2ClH/c1-9-11-13-15-17-19-21-23-25-55-85-63-37-29-59(30-38-63)75-67-45-46-68(79-67)76(60-31-39-64(40-32-60)86-56-26-24-22-20-18-16-14-12-10-2)70-48-50-72(81-70)78(62-35-43-66(44-36-62)88-58-28-54-84(6,7)8)74-52-51-73(82-74)77(71-49-47-69(75)80-71)61-33-41-65(42-34-61)87-57-27-53-83(3,4)5;;/h29-52,79-82H,9-28,53-58H2,1-8H3;2*1H/q+2;;/p-2. The van der Waals surface area contributed by atoms with E-state index in [0.29, 0.717) is 13.2 Å². The van der Waals surface area contributed by atoms with Crippen molar-refractivity contribution in [1.29, 1.82) is 0 Å². The highest BCUT2D eigenvalue weighted by Gasteiger charge is 2.20. The number of H-pyrrole nitrogens is 4. The van der Waals surface area contributed by atoms with Crippen LogP contribution in [0.15, 0.2) is 146 Å². The minimum absolute atomic E-state index is 0. The highest BCUT2D eigenvalue weighted by atomic mass is 35.5. The fraction of sp³-hybridized carbons (Fsp3) is 0.436. The maximum absolute atomic E-state index is 6.39. The number of aromatic nitrogens is 4. The van der Waals surface area contributed by atoms with E-state index in [1.165, 1.54) is 103 Å². The van der Waals surface area contributed by atoms with Gasteiger partial charge in [0, 0.05) is 79.3 Å². The van der Waals surface area contributed by atoms with Crippen molar-refractivity contribution in [2.75, 3.05) is 81.8 Å². The summed E-state index contributed by atoms with van der Waals surface area (Å²) < 4.78 is 27.3. The third-order valence-corrected chi connectivity index (χ3v) is 17.0. The van der Waals surface area contributed by atoms with Gasteiger partial charge in [-0.2, -0.15) is 0 Å². The average Bonchev–Trinajstić information content (AvgIpc) is 1.65. The minimum Gasteiger partial charge on any atom is -1.00 e. The molecule has 0 saturated carbocycles. The van der Waals surface area contributed by atoms with Crippen LogP contribution in [0.25, 0.3) is 22.3 Å². The Kier molecular flexibility index (Phi) is 28.0. The molecule has 0 aliphatic carbocycles. The summed E-state index contributed by atoms with van der Waals surface area (Å²) in [5.74, 6) is 3.50. The SMILES string of the molecule is CCCCCCCCCCCOc1ccc(C2=c3ccc([nH]3)=C(c3ccc(OCCC[N+](C)(C)C)cc3)c3ccc([nH]3)C(c3ccc(OCCC[N+](C)(C)C)cc3)=c3ccc([nH]3)=C(c3ccc(OCCCCCCCCCCC)cc3)c3ccc2[nH]3)cc1.[Cl-].[Cl-]. The van der Waals surface area contributed by atoms with Crippen LogP contribution in [0.2, 0.25) is 0 Å². The first-order valence-corrected chi connectivity index (χ1v) is 33.6. The van der Waals surface area contributed by atoms with E-state index in [4.69, 9.17) is 18.9 Å². The van der Waals surface area contributed by atoms with Crippen LogP contribution < -0.4 is 65.2 Å². The molecule has 5 heterocycles. The lowest BCUT2D eigenvalue weighted by molar-refractivity contribution is -0.870. The van der Waals surface area contributed by atoms with E-state index in [1.807, 2.05) is 0 Å². The first kappa shape index (κ1) is 70.6. The van der Waals surface area contributed by atoms with Gasteiger partial charge in [0.05, 0.1) is 81.8 Å². The number of fused-ring (bicyclic) bond motifs is 8. The molecule has 8 bridgehead atoms. The van der Waals surface area contributed by atoms with Gasteiger partial charge in [-0.05, 0) is 132 Å². The maximum Gasteiger partial charge on any atom is 0.119 e. The second-order valence-corrected chi connectivity index (χ2v) is 26.5. The van der Waals surface area contributed by atoms with Gasteiger partial charge >= 0.3 is 0 Å². The quantitative estimate of drug-likeness (QED) is 0.0233. The summed E-state index contributed by atoms with van der Waals surface area (Å²) in [7, 11) is 13.3. The number of benzene rings is 4. The van der Waals surface area contributed by atoms with Crippen LogP contribution in [0.1, 0.15) is 187 Å². The predicted octanol–water partition coefficient (Wildman–Crippen LogP) is 9.08. The minimum atomic E-state index is 0. The molecule has 4 aromatic carbocycles. The normalized spacial score (nSPS) is 12.4. The molecule has 9 rings (SSSR count). The van der Waals surface area contributed by atoms with Gasteiger partial charge in [-0.25, -0.2) is 0 Å². The van der Waals surface area contributed by atoms with Crippen molar-refractivity contribution >= 4 is 22.3 Å². The molecule has 0 atom stereocenters. The Hall–Kier alpha value is -6.82.